The topological polar surface area (TPSA) is 56.0 Å². The Balaban J connectivity index is 3.27. The Kier molecular flexibility index (Phi) is 6.52. The number of aliphatic hydroxyl groups excluding tert-OH is 1. The average molecular weight is 198 g/mol. The van der Waals surface area contributed by atoms with E-state index >= 15 is 0 Å². The zero-order valence-electron chi connectivity index (χ0n) is 9.51. The fourth-order valence-corrected chi connectivity index (χ4v) is 1.18. The molecule has 0 aliphatic rings. The second kappa shape index (κ2) is 6.80. The molecular weight excluding hydrogens is 176 g/mol. The molecule has 0 rings (SSSR count). The smallest absolute Gasteiger partial charge is 0.0683 e. The minimum absolute atomic E-state index is 0.190. The zero-order valence-corrected chi connectivity index (χ0v) is 9.51. The van der Waals surface area contributed by atoms with Crippen molar-refractivity contribution in [2.75, 3.05) is 13.1 Å². The summed E-state index contributed by atoms with van der Waals surface area (Å²) in [6.45, 7) is 7.28. The molecule has 0 saturated heterocycles. The van der Waals surface area contributed by atoms with Crippen LogP contribution >= 0.6 is 0 Å². The van der Waals surface area contributed by atoms with E-state index in [4.69, 9.17) is 10.4 Å². The number of nitrogens with zero attached hydrogens (tertiary/aromatic N) is 1. The number of aliphatic hydroxyl groups is 1. The number of nitriles is 1. The Hall–Kier alpha value is -0.590. The molecule has 0 spiro atoms. The summed E-state index contributed by atoms with van der Waals surface area (Å²) in [4.78, 5) is 0. The minimum Gasteiger partial charge on any atom is -0.392 e. The zero-order chi connectivity index (χ0) is 11.0. The van der Waals surface area contributed by atoms with Gasteiger partial charge >= 0.3 is 0 Å². The SMILES string of the molecule is CC(O)CNCCCCC(C)(C)C#N. The van der Waals surface area contributed by atoms with Crippen LogP contribution in [0.1, 0.15) is 40.0 Å². The van der Waals surface area contributed by atoms with E-state index in [1.165, 1.54) is 0 Å². The molecule has 0 fully saturated rings. The molecule has 3 nitrogen and oxygen atoms in total. The third kappa shape index (κ3) is 8.03. The molecule has 82 valence electrons. The predicted octanol–water partition coefficient (Wildman–Crippen LogP) is 1.68. The number of hydrogen-bond donors (Lipinski definition) is 2. The van der Waals surface area contributed by atoms with Crippen LogP contribution in [0, 0.1) is 16.7 Å². The van der Waals surface area contributed by atoms with Crippen LogP contribution in [0.15, 0.2) is 0 Å². The van der Waals surface area contributed by atoms with Gasteiger partial charge < -0.3 is 10.4 Å². The minimum atomic E-state index is -0.273. The van der Waals surface area contributed by atoms with Crippen LogP contribution in [-0.2, 0) is 0 Å². The van der Waals surface area contributed by atoms with Gasteiger partial charge in [0.1, 0.15) is 0 Å². The monoisotopic (exact) mass is 198 g/mol. The van der Waals surface area contributed by atoms with Gasteiger partial charge in [0.05, 0.1) is 17.6 Å². The Morgan fingerprint density at radius 2 is 2.07 bits per heavy atom. The lowest BCUT2D eigenvalue weighted by Crippen LogP contribution is -2.25. The summed E-state index contributed by atoms with van der Waals surface area (Å²) < 4.78 is 0. The molecule has 0 aromatic heterocycles. The van der Waals surface area contributed by atoms with E-state index in [0.717, 1.165) is 25.8 Å². The fourth-order valence-electron chi connectivity index (χ4n) is 1.18. The van der Waals surface area contributed by atoms with E-state index in [0.29, 0.717) is 6.54 Å². The van der Waals surface area contributed by atoms with Crippen molar-refractivity contribution in [3.8, 4) is 6.07 Å². The normalized spacial score (nSPS) is 13.6. The van der Waals surface area contributed by atoms with E-state index in [9.17, 15) is 0 Å². The first-order valence-corrected chi connectivity index (χ1v) is 5.28. The lowest BCUT2D eigenvalue weighted by Gasteiger charge is -2.14. The number of hydrogen-bond acceptors (Lipinski definition) is 3. The first-order valence-electron chi connectivity index (χ1n) is 5.28. The van der Waals surface area contributed by atoms with Crippen molar-refractivity contribution in [2.45, 2.75) is 46.1 Å². The summed E-state index contributed by atoms with van der Waals surface area (Å²) in [5.41, 5.74) is -0.190. The summed E-state index contributed by atoms with van der Waals surface area (Å²) in [5, 5.41) is 20.9. The fraction of sp³-hybridized carbons (Fsp3) is 0.909. The van der Waals surface area contributed by atoms with Crippen LogP contribution in [0.5, 0.6) is 0 Å². The lowest BCUT2D eigenvalue weighted by atomic mass is 9.89. The van der Waals surface area contributed by atoms with Crippen molar-refractivity contribution in [2.24, 2.45) is 5.41 Å². The van der Waals surface area contributed by atoms with Gasteiger partial charge in [0.15, 0.2) is 0 Å². The van der Waals surface area contributed by atoms with Gasteiger partial charge in [-0.25, -0.2) is 0 Å². The highest BCUT2D eigenvalue weighted by Gasteiger charge is 2.15. The Morgan fingerprint density at radius 1 is 1.43 bits per heavy atom. The van der Waals surface area contributed by atoms with Gasteiger partial charge in [-0.05, 0) is 40.2 Å². The van der Waals surface area contributed by atoms with Crippen molar-refractivity contribution in [1.82, 2.24) is 5.32 Å². The molecule has 0 saturated carbocycles. The summed E-state index contributed by atoms with van der Waals surface area (Å²) in [7, 11) is 0. The lowest BCUT2D eigenvalue weighted by molar-refractivity contribution is 0.191. The maximum absolute atomic E-state index is 8.97. The van der Waals surface area contributed by atoms with E-state index in [-0.39, 0.29) is 11.5 Å². The largest absolute Gasteiger partial charge is 0.392 e. The first kappa shape index (κ1) is 13.4. The summed E-state index contributed by atoms with van der Waals surface area (Å²) in [6, 6.07) is 2.29. The van der Waals surface area contributed by atoms with Crippen LogP contribution in [0.3, 0.4) is 0 Å². The van der Waals surface area contributed by atoms with E-state index in [1.54, 1.807) is 6.92 Å². The molecule has 0 bridgehead atoms. The van der Waals surface area contributed by atoms with Gasteiger partial charge in [0.2, 0.25) is 0 Å². The Morgan fingerprint density at radius 3 is 2.57 bits per heavy atom. The molecule has 2 N–H and O–H groups in total. The highest BCUT2D eigenvalue weighted by molar-refractivity contribution is 4.91. The molecule has 1 atom stereocenters. The van der Waals surface area contributed by atoms with Crippen molar-refractivity contribution < 1.29 is 5.11 Å². The van der Waals surface area contributed by atoms with E-state index < -0.39 is 0 Å². The van der Waals surface area contributed by atoms with E-state index in [2.05, 4.69) is 11.4 Å². The number of nitrogens with one attached hydrogen (secondary N) is 1. The maximum atomic E-state index is 8.97. The number of rotatable bonds is 7. The van der Waals surface area contributed by atoms with Crippen molar-refractivity contribution in [3.05, 3.63) is 0 Å². The molecule has 3 heteroatoms. The number of unbranched alkanes of at least 4 members (excludes halogenated alkanes) is 1. The van der Waals surface area contributed by atoms with Crippen LogP contribution in [0.25, 0.3) is 0 Å². The summed E-state index contributed by atoms with van der Waals surface area (Å²) in [5.74, 6) is 0. The Labute approximate surface area is 87.1 Å². The molecule has 0 aliphatic carbocycles. The third-order valence-corrected chi connectivity index (χ3v) is 2.15. The molecular formula is C11H22N2O. The van der Waals surface area contributed by atoms with Crippen LogP contribution in [0.4, 0.5) is 0 Å². The van der Waals surface area contributed by atoms with Crippen LogP contribution in [0.2, 0.25) is 0 Å². The highest BCUT2D eigenvalue weighted by atomic mass is 16.3. The molecule has 0 amide bonds. The molecule has 1 unspecified atom stereocenters. The van der Waals surface area contributed by atoms with E-state index in [1.807, 2.05) is 13.8 Å². The van der Waals surface area contributed by atoms with Crippen molar-refractivity contribution in [1.29, 1.82) is 5.26 Å². The molecule has 0 aromatic carbocycles. The molecule has 0 radical (unpaired) electrons. The summed E-state index contributed by atoms with van der Waals surface area (Å²) in [6.07, 6.45) is 2.80. The third-order valence-electron chi connectivity index (χ3n) is 2.15. The highest BCUT2D eigenvalue weighted by Crippen LogP contribution is 2.21. The summed E-state index contributed by atoms with van der Waals surface area (Å²) >= 11 is 0. The maximum Gasteiger partial charge on any atom is 0.0683 e. The molecule has 0 aromatic rings. The first-order chi connectivity index (χ1) is 6.48. The average Bonchev–Trinajstić information content (AvgIpc) is 2.10. The molecule has 0 aliphatic heterocycles. The van der Waals surface area contributed by atoms with Crippen molar-refractivity contribution in [3.63, 3.8) is 0 Å². The second-order valence-electron chi connectivity index (χ2n) is 4.51. The Bertz CT molecular complexity index is 182. The van der Waals surface area contributed by atoms with Gasteiger partial charge in [-0.2, -0.15) is 5.26 Å². The van der Waals surface area contributed by atoms with Crippen molar-refractivity contribution >= 4 is 0 Å². The second-order valence-corrected chi connectivity index (χ2v) is 4.51. The van der Waals surface area contributed by atoms with Gasteiger partial charge in [0.25, 0.3) is 0 Å². The predicted molar refractivity (Wildman–Crippen MR) is 57.8 cm³/mol. The quantitative estimate of drug-likeness (QED) is 0.612. The molecule has 0 heterocycles. The van der Waals surface area contributed by atoms with Gasteiger partial charge in [-0.3, -0.25) is 0 Å². The van der Waals surface area contributed by atoms with Gasteiger partial charge in [0, 0.05) is 6.54 Å². The van der Waals surface area contributed by atoms with Crippen LogP contribution < -0.4 is 5.32 Å². The van der Waals surface area contributed by atoms with Gasteiger partial charge in [-0.1, -0.05) is 6.42 Å². The van der Waals surface area contributed by atoms with Gasteiger partial charge in [-0.15, -0.1) is 0 Å². The van der Waals surface area contributed by atoms with Crippen LogP contribution in [-0.4, -0.2) is 24.3 Å². The molecule has 14 heavy (non-hydrogen) atoms. The standard InChI is InChI=1S/C11H22N2O/c1-10(14)8-13-7-5-4-6-11(2,3)9-12/h10,13-14H,4-8H2,1-3H3.